The maximum Gasteiger partial charge on any atom is 0.306 e. The predicted molar refractivity (Wildman–Crippen MR) is 66.5 cm³/mol. The molecular formula is C11H18N4O4. The fraction of sp³-hybridized carbons (Fsp3) is 0.727. The van der Waals surface area contributed by atoms with E-state index in [0.717, 1.165) is 19.0 Å². The van der Waals surface area contributed by atoms with E-state index in [4.69, 9.17) is 0 Å². The Kier molecular flexibility index (Phi) is 4.46. The first-order valence-electron chi connectivity index (χ1n) is 6.30. The van der Waals surface area contributed by atoms with Gasteiger partial charge in [-0.15, -0.1) is 0 Å². The summed E-state index contributed by atoms with van der Waals surface area (Å²) in [4.78, 5) is 9.94. The van der Waals surface area contributed by atoms with Crippen LogP contribution in [0.1, 0.15) is 12.8 Å². The van der Waals surface area contributed by atoms with Crippen molar-refractivity contribution in [3.05, 3.63) is 22.5 Å². The van der Waals surface area contributed by atoms with Crippen LogP contribution in [-0.4, -0.2) is 50.2 Å². The first kappa shape index (κ1) is 13.9. The van der Waals surface area contributed by atoms with Gasteiger partial charge in [-0.25, -0.2) is 0 Å². The van der Waals surface area contributed by atoms with Gasteiger partial charge in [-0.3, -0.25) is 14.8 Å². The largest absolute Gasteiger partial charge is 0.392 e. The second-order valence-electron chi connectivity index (χ2n) is 4.89. The molecular weight excluding hydrogens is 252 g/mol. The van der Waals surface area contributed by atoms with Crippen LogP contribution in [0.3, 0.4) is 0 Å². The highest BCUT2D eigenvalue weighted by Gasteiger charge is 2.29. The molecule has 0 saturated heterocycles. The summed E-state index contributed by atoms with van der Waals surface area (Å²) in [6, 6.07) is 0. The average Bonchev–Trinajstić information content (AvgIpc) is 3.10. The minimum Gasteiger partial charge on any atom is -0.392 e. The molecule has 0 spiro atoms. The van der Waals surface area contributed by atoms with Crippen molar-refractivity contribution >= 4 is 5.69 Å². The van der Waals surface area contributed by atoms with Crippen molar-refractivity contribution in [1.82, 2.24) is 15.1 Å². The van der Waals surface area contributed by atoms with Gasteiger partial charge in [0, 0.05) is 13.1 Å². The van der Waals surface area contributed by atoms with E-state index in [1.165, 1.54) is 10.9 Å². The van der Waals surface area contributed by atoms with Crippen LogP contribution in [0.4, 0.5) is 5.69 Å². The van der Waals surface area contributed by atoms with E-state index in [1.54, 1.807) is 0 Å². The topological polar surface area (TPSA) is 113 Å². The molecule has 1 heterocycles. The lowest BCUT2D eigenvalue weighted by molar-refractivity contribution is -0.385. The van der Waals surface area contributed by atoms with Gasteiger partial charge < -0.3 is 15.5 Å². The number of aliphatic hydroxyl groups excluding tert-OH is 2. The van der Waals surface area contributed by atoms with E-state index in [1.807, 2.05) is 0 Å². The third-order valence-corrected chi connectivity index (χ3v) is 3.13. The average molecular weight is 270 g/mol. The molecule has 19 heavy (non-hydrogen) atoms. The van der Waals surface area contributed by atoms with E-state index in [9.17, 15) is 20.3 Å². The summed E-state index contributed by atoms with van der Waals surface area (Å²) >= 11 is 0. The molecule has 0 aromatic carbocycles. The van der Waals surface area contributed by atoms with E-state index >= 15 is 0 Å². The number of nitro groups is 1. The number of aliphatic hydroxyl groups is 2. The Morgan fingerprint density at radius 3 is 2.84 bits per heavy atom. The molecule has 0 bridgehead atoms. The SMILES string of the molecule is O=[N+]([O-])c1cnn(CC(O)CNCC(O)C2CC2)c1. The first-order chi connectivity index (χ1) is 9.06. The zero-order valence-electron chi connectivity index (χ0n) is 10.5. The van der Waals surface area contributed by atoms with Gasteiger partial charge in [-0.1, -0.05) is 0 Å². The lowest BCUT2D eigenvalue weighted by Gasteiger charge is -2.14. The molecule has 1 aliphatic rings. The number of nitrogens with one attached hydrogen (secondary N) is 1. The lowest BCUT2D eigenvalue weighted by Crippen LogP contribution is -2.35. The van der Waals surface area contributed by atoms with Crippen molar-refractivity contribution in [2.24, 2.45) is 5.92 Å². The zero-order valence-corrected chi connectivity index (χ0v) is 10.5. The summed E-state index contributed by atoms with van der Waals surface area (Å²) in [5.74, 6) is 0.401. The fourth-order valence-corrected chi connectivity index (χ4v) is 1.87. The van der Waals surface area contributed by atoms with Crippen LogP contribution < -0.4 is 5.32 Å². The summed E-state index contributed by atoms with van der Waals surface area (Å²) in [7, 11) is 0. The Morgan fingerprint density at radius 1 is 1.53 bits per heavy atom. The monoisotopic (exact) mass is 270 g/mol. The van der Waals surface area contributed by atoms with Gasteiger partial charge >= 0.3 is 5.69 Å². The summed E-state index contributed by atoms with van der Waals surface area (Å²) in [6.07, 6.45) is 3.52. The minimum absolute atomic E-state index is 0.0932. The highest BCUT2D eigenvalue weighted by atomic mass is 16.6. The molecule has 106 valence electrons. The molecule has 1 aliphatic carbocycles. The molecule has 2 atom stereocenters. The lowest BCUT2D eigenvalue weighted by atomic mass is 10.2. The quantitative estimate of drug-likeness (QED) is 0.434. The van der Waals surface area contributed by atoms with E-state index in [2.05, 4.69) is 10.4 Å². The molecule has 3 N–H and O–H groups in total. The smallest absolute Gasteiger partial charge is 0.306 e. The number of aromatic nitrogens is 2. The molecule has 8 heteroatoms. The molecule has 2 unspecified atom stereocenters. The first-order valence-corrected chi connectivity index (χ1v) is 6.30. The highest BCUT2D eigenvalue weighted by Crippen LogP contribution is 2.32. The van der Waals surface area contributed by atoms with Gasteiger partial charge in [0.15, 0.2) is 0 Å². The minimum atomic E-state index is -0.703. The molecule has 1 fully saturated rings. The van der Waals surface area contributed by atoms with Gasteiger partial charge in [-0.05, 0) is 18.8 Å². The van der Waals surface area contributed by atoms with Crippen LogP contribution in [0.5, 0.6) is 0 Å². The Balaban J connectivity index is 1.67. The summed E-state index contributed by atoms with van der Waals surface area (Å²) in [6.45, 7) is 0.957. The van der Waals surface area contributed by atoms with Crippen molar-refractivity contribution in [3.8, 4) is 0 Å². The fourth-order valence-electron chi connectivity index (χ4n) is 1.87. The van der Waals surface area contributed by atoms with Crippen molar-refractivity contribution in [3.63, 3.8) is 0 Å². The highest BCUT2D eigenvalue weighted by molar-refractivity contribution is 5.20. The van der Waals surface area contributed by atoms with Gasteiger partial charge in [0.05, 0.1) is 23.7 Å². The van der Waals surface area contributed by atoms with Crippen LogP contribution in [0.25, 0.3) is 0 Å². The van der Waals surface area contributed by atoms with Crippen LogP contribution in [0.15, 0.2) is 12.4 Å². The van der Waals surface area contributed by atoms with Crippen LogP contribution >= 0.6 is 0 Å². The Hall–Kier alpha value is -1.51. The Bertz CT molecular complexity index is 432. The second-order valence-corrected chi connectivity index (χ2v) is 4.89. The van der Waals surface area contributed by atoms with Gasteiger partial charge in [0.1, 0.15) is 12.4 Å². The van der Waals surface area contributed by atoms with E-state index < -0.39 is 11.0 Å². The molecule has 0 radical (unpaired) electrons. The van der Waals surface area contributed by atoms with Crippen LogP contribution in [0.2, 0.25) is 0 Å². The molecule has 8 nitrogen and oxygen atoms in total. The van der Waals surface area contributed by atoms with Gasteiger partial charge in [-0.2, -0.15) is 5.10 Å². The summed E-state index contributed by atoms with van der Waals surface area (Å²) in [5.41, 5.74) is -0.0932. The third-order valence-electron chi connectivity index (χ3n) is 3.13. The number of rotatable bonds is 8. The maximum absolute atomic E-state index is 10.5. The molecule has 0 amide bonds. The molecule has 0 aliphatic heterocycles. The summed E-state index contributed by atoms with van der Waals surface area (Å²) in [5, 5.41) is 36.6. The molecule has 1 saturated carbocycles. The number of nitrogens with zero attached hydrogens (tertiary/aromatic N) is 3. The predicted octanol–water partition coefficient (Wildman–Crippen LogP) is -0.487. The number of hydrogen-bond acceptors (Lipinski definition) is 6. The zero-order chi connectivity index (χ0) is 13.8. The van der Waals surface area contributed by atoms with Crippen LogP contribution in [-0.2, 0) is 6.54 Å². The van der Waals surface area contributed by atoms with Gasteiger partial charge in [0.25, 0.3) is 0 Å². The molecule has 2 rings (SSSR count). The van der Waals surface area contributed by atoms with Crippen molar-refractivity contribution in [2.45, 2.75) is 31.6 Å². The summed E-state index contributed by atoms with van der Waals surface area (Å²) < 4.78 is 1.34. The third kappa shape index (κ3) is 4.27. The molecule has 1 aromatic heterocycles. The normalized spacial score (nSPS) is 18.2. The van der Waals surface area contributed by atoms with Crippen molar-refractivity contribution < 1.29 is 15.1 Å². The van der Waals surface area contributed by atoms with E-state index in [0.29, 0.717) is 19.0 Å². The number of hydrogen-bond donors (Lipinski definition) is 3. The van der Waals surface area contributed by atoms with Crippen LogP contribution in [0, 0.1) is 16.0 Å². The second kappa shape index (κ2) is 6.09. The maximum atomic E-state index is 10.5. The van der Waals surface area contributed by atoms with Crippen molar-refractivity contribution in [2.75, 3.05) is 13.1 Å². The standard InChI is InChI=1S/C11H18N4O4/c16-10(4-12-5-11(17)8-1-2-8)7-14-6-9(3-13-14)15(18)19/h3,6,8,10-12,16-17H,1-2,4-5,7H2. The van der Waals surface area contributed by atoms with E-state index in [-0.39, 0.29) is 18.3 Å². The van der Waals surface area contributed by atoms with Gasteiger partial charge in [0.2, 0.25) is 0 Å². The Labute approximate surface area is 110 Å². The Morgan fingerprint density at radius 2 is 2.26 bits per heavy atom. The molecule has 1 aromatic rings. The van der Waals surface area contributed by atoms with Crippen molar-refractivity contribution in [1.29, 1.82) is 0 Å².